The summed E-state index contributed by atoms with van der Waals surface area (Å²) in [6.45, 7) is 7.56. The van der Waals surface area contributed by atoms with Crippen LogP contribution in [0.15, 0.2) is 73.1 Å². The number of imidazole rings is 1. The fraction of sp³-hybridized carbons (Fsp3) is 0.333. The van der Waals surface area contributed by atoms with E-state index in [4.69, 9.17) is 9.47 Å². The van der Waals surface area contributed by atoms with Crippen LogP contribution >= 0.6 is 0 Å². The third-order valence-corrected chi connectivity index (χ3v) is 7.15. The lowest BCUT2D eigenvalue weighted by molar-refractivity contribution is -0.131. The molecule has 192 valence electrons. The maximum absolute atomic E-state index is 13.7. The number of fused-ring (bicyclic) bond motifs is 1. The molecule has 0 radical (unpaired) electrons. The molecule has 7 nitrogen and oxygen atoms in total. The van der Waals surface area contributed by atoms with E-state index in [0.717, 1.165) is 52.7 Å². The number of piperazine rings is 1. The van der Waals surface area contributed by atoms with Crippen molar-refractivity contribution < 1.29 is 14.3 Å². The van der Waals surface area contributed by atoms with Crippen LogP contribution in [0.2, 0.25) is 0 Å². The number of benzene rings is 2. The first-order valence-corrected chi connectivity index (χ1v) is 12.9. The molecule has 1 saturated heterocycles. The molecule has 0 bridgehead atoms. The average molecular weight is 499 g/mol. The summed E-state index contributed by atoms with van der Waals surface area (Å²) in [6, 6.07) is 20.2. The van der Waals surface area contributed by atoms with Crippen molar-refractivity contribution in [3.8, 4) is 11.5 Å². The minimum absolute atomic E-state index is 0.135. The van der Waals surface area contributed by atoms with Crippen LogP contribution in [0.5, 0.6) is 11.5 Å². The van der Waals surface area contributed by atoms with Gasteiger partial charge in [-0.3, -0.25) is 4.79 Å². The van der Waals surface area contributed by atoms with Crippen LogP contribution in [-0.4, -0.2) is 60.1 Å². The number of carbonyl (C=O) groups excluding carboxylic acids is 1. The molecule has 0 N–H and O–H groups in total. The van der Waals surface area contributed by atoms with Crippen LogP contribution in [0.1, 0.15) is 36.1 Å². The molecule has 0 spiro atoms. The van der Waals surface area contributed by atoms with Gasteiger partial charge in [0.1, 0.15) is 17.1 Å². The Morgan fingerprint density at radius 3 is 2.46 bits per heavy atom. The molecule has 1 amide bonds. The van der Waals surface area contributed by atoms with Crippen molar-refractivity contribution in [3.05, 3.63) is 89.9 Å². The Labute approximate surface area is 218 Å². The first-order chi connectivity index (χ1) is 18.1. The summed E-state index contributed by atoms with van der Waals surface area (Å²) in [5.74, 6) is 1.62. The number of hydrogen-bond donors (Lipinski definition) is 0. The maximum atomic E-state index is 13.7. The standard InChI is InChI=1S/C30H34N4O3/c1-4-37-28-14-8-6-12-25(28)32-16-18-33(19-17-32)29(35)20-24(23-11-5-7-13-27(23)36-3)26-21-31-30-22(2)10-9-15-34(26)30/h5-15,21,24H,4,16-20H2,1-3H3. The predicted octanol–water partition coefficient (Wildman–Crippen LogP) is 4.92. The molecular weight excluding hydrogens is 464 g/mol. The van der Waals surface area contributed by atoms with Crippen molar-refractivity contribution in [2.45, 2.75) is 26.2 Å². The van der Waals surface area contributed by atoms with Crippen molar-refractivity contribution in [3.63, 3.8) is 0 Å². The highest BCUT2D eigenvalue weighted by molar-refractivity contribution is 5.78. The van der Waals surface area contributed by atoms with E-state index < -0.39 is 0 Å². The van der Waals surface area contributed by atoms with Gasteiger partial charge in [0.05, 0.1) is 25.1 Å². The number of nitrogens with zero attached hydrogens (tertiary/aromatic N) is 4. The van der Waals surface area contributed by atoms with Gasteiger partial charge in [0.2, 0.25) is 5.91 Å². The minimum Gasteiger partial charge on any atom is -0.496 e. The third-order valence-electron chi connectivity index (χ3n) is 7.15. The van der Waals surface area contributed by atoms with Gasteiger partial charge in [0.15, 0.2) is 0 Å². The second kappa shape index (κ2) is 10.9. The smallest absolute Gasteiger partial charge is 0.223 e. The highest BCUT2D eigenvalue weighted by Gasteiger charge is 2.29. The number of aryl methyl sites for hydroxylation is 1. The lowest BCUT2D eigenvalue weighted by Crippen LogP contribution is -2.49. The van der Waals surface area contributed by atoms with E-state index >= 15 is 0 Å². The van der Waals surface area contributed by atoms with E-state index in [1.54, 1.807) is 7.11 Å². The normalized spacial score (nSPS) is 14.6. The molecule has 1 fully saturated rings. The van der Waals surface area contributed by atoms with Crippen LogP contribution in [0.4, 0.5) is 5.69 Å². The van der Waals surface area contributed by atoms with Gasteiger partial charge in [-0.2, -0.15) is 0 Å². The second-order valence-corrected chi connectivity index (χ2v) is 9.34. The fourth-order valence-corrected chi connectivity index (χ4v) is 5.25. The molecule has 7 heteroatoms. The Morgan fingerprint density at radius 2 is 1.70 bits per heavy atom. The summed E-state index contributed by atoms with van der Waals surface area (Å²) in [5.41, 5.74) is 5.07. The average Bonchev–Trinajstić information content (AvgIpc) is 3.37. The maximum Gasteiger partial charge on any atom is 0.223 e. The van der Waals surface area contributed by atoms with Crippen LogP contribution in [-0.2, 0) is 4.79 Å². The van der Waals surface area contributed by atoms with Crippen molar-refractivity contribution in [2.24, 2.45) is 0 Å². The molecule has 1 aliphatic heterocycles. The van der Waals surface area contributed by atoms with E-state index in [0.29, 0.717) is 26.1 Å². The summed E-state index contributed by atoms with van der Waals surface area (Å²) < 4.78 is 13.6. The molecule has 1 unspecified atom stereocenters. The summed E-state index contributed by atoms with van der Waals surface area (Å²) >= 11 is 0. The van der Waals surface area contributed by atoms with E-state index in [9.17, 15) is 4.79 Å². The van der Waals surface area contributed by atoms with Gasteiger partial charge < -0.3 is 23.7 Å². The van der Waals surface area contributed by atoms with Crippen LogP contribution in [0.3, 0.4) is 0 Å². The summed E-state index contributed by atoms with van der Waals surface area (Å²) in [6.07, 6.45) is 4.26. The van der Waals surface area contributed by atoms with Crippen molar-refractivity contribution in [1.29, 1.82) is 0 Å². The highest BCUT2D eigenvalue weighted by atomic mass is 16.5. The van der Waals surface area contributed by atoms with Crippen molar-refractivity contribution >= 4 is 17.2 Å². The van der Waals surface area contributed by atoms with Crippen molar-refractivity contribution in [2.75, 3.05) is 44.8 Å². The first-order valence-electron chi connectivity index (χ1n) is 12.9. The molecule has 3 heterocycles. The summed E-state index contributed by atoms with van der Waals surface area (Å²) in [7, 11) is 1.68. The Hall–Kier alpha value is -4.00. The topological polar surface area (TPSA) is 59.3 Å². The Bertz CT molecular complexity index is 1370. The van der Waals surface area contributed by atoms with Gasteiger partial charge in [-0.05, 0) is 43.7 Å². The zero-order chi connectivity index (χ0) is 25.8. The van der Waals surface area contributed by atoms with Gasteiger partial charge in [-0.25, -0.2) is 4.98 Å². The predicted molar refractivity (Wildman–Crippen MR) is 146 cm³/mol. The van der Waals surface area contributed by atoms with Gasteiger partial charge in [0.25, 0.3) is 0 Å². The highest BCUT2D eigenvalue weighted by Crippen LogP contribution is 2.36. The molecule has 0 aliphatic carbocycles. The van der Waals surface area contributed by atoms with Crippen LogP contribution < -0.4 is 14.4 Å². The lowest BCUT2D eigenvalue weighted by atomic mass is 9.91. The number of anilines is 1. The number of carbonyl (C=O) groups is 1. The Morgan fingerprint density at radius 1 is 0.973 bits per heavy atom. The SMILES string of the molecule is CCOc1ccccc1N1CCN(C(=O)CC(c2ccccc2OC)c2cnc3c(C)cccn23)CC1. The van der Waals surface area contributed by atoms with Gasteiger partial charge in [0, 0.05) is 56.5 Å². The van der Waals surface area contributed by atoms with Gasteiger partial charge in [-0.15, -0.1) is 0 Å². The lowest BCUT2D eigenvalue weighted by Gasteiger charge is -2.37. The largest absolute Gasteiger partial charge is 0.496 e. The molecule has 4 aromatic rings. The Balaban J connectivity index is 1.38. The zero-order valence-electron chi connectivity index (χ0n) is 21.8. The summed E-state index contributed by atoms with van der Waals surface area (Å²) in [5, 5.41) is 0. The third kappa shape index (κ3) is 4.99. The number of hydrogen-bond acceptors (Lipinski definition) is 5. The fourth-order valence-electron chi connectivity index (χ4n) is 5.25. The number of aromatic nitrogens is 2. The number of pyridine rings is 1. The Kier molecular flexibility index (Phi) is 7.30. The molecule has 2 aromatic heterocycles. The number of ether oxygens (including phenoxy) is 2. The molecule has 37 heavy (non-hydrogen) atoms. The molecule has 2 aromatic carbocycles. The summed E-state index contributed by atoms with van der Waals surface area (Å²) in [4.78, 5) is 22.7. The first kappa shape index (κ1) is 24.7. The number of rotatable bonds is 8. The molecular formula is C30H34N4O3. The molecule has 0 saturated carbocycles. The van der Waals surface area contributed by atoms with Crippen molar-refractivity contribution in [1.82, 2.24) is 14.3 Å². The quantitative estimate of drug-likeness (QED) is 0.345. The van der Waals surface area contributed by atoms with Crippen LogP contribution in [0.25, 0.3) is 5.65 Å². The van der Waals surface area contributed by atoms with E-state index in [-0.39, 0.29) is 11.8 Å². The molecule has 5 rings (SSSR count). The van der Waals surface area contributed by atoms with E-state index in [2.05, 4.69) is 39.4 Å². The molecule has 1 atom stereocenters. The van der Waals surface area contributed by atoms with E-state index in [1.807, 2.05) is 66.7 Å². The number of methoxy groups -OCH3 is 1. The van der Waals surface area contributed by atoms with Gasteiger partial charge >= 0.3 is 0 Å². The second-order valence-electron chi connectivity index (χ2n) is 9.34. The number of amides is 1. The minimum atomic E-state index is -0.183. The van der Waals surface area contributed by atoms with Gasteiger partial charge in [-0.1, -0.05) is 36.4 Å². The van der Waals surface area contributed by atoms with E-state index in [1.165, 1.54) is 0 Å². The van der Waals surface area contributed by atoms with Crippen LogP contribution in [0, 0.1) is 6.92 Å². The monoisotopic (exact) mass is 498 g/mol. The number of para-hydroxylation sites is 3. The molecule has 1 aliphatic rings. The zero-order valence-corrected chi connectivity index (χ0v) is 21.8.